The molecule has 0 amide bonds. The van der Waals surface area contributed by atoms with Gasteiger partial charge < -0.3 is 19.6 Å². The molecule has 1 saturated carbocycles. The number of halogens is 1. The molecule has 40 heavy (non-hydrogen) atoms. The molecule has 1 fully saturated rings. The van der Waals surface area contributed by atoms with Gasteiger partial charge in [-0.3, -0.25) is 9.89 Å². The van der Waals surface area contributed by atoms with E-state index in [1.54, 1.807) is 13.2 Å². The minimum absolute atomic E-state index is 0.0198. The lowest BCUT2D eigenvalue weighted by Gasteiger charge is -2.26. The Bertz CT molecular complexity index is 1150. The Hall–Kier alpha value is -2.57. The maximum atomic E-state index is 8.05. The van der Waals surface area contributed by atoms with Crippen molar-refractivity contribution < 1.29 is 14.2 Å². The third-order valence-electron chi connectivity index (χ3n) is 7.53. The average Bonchev–Trinajstić information content (AvgIpc) is 2.93. The highest BCUT2D eigenvalue weighted by Crippen LogP contribution is 2.35. The molecule has 1 aliphatic rings. The molecule has 1 N–H and O–H groups in total. The smallest absolute Gasteiger partial charge is 0.322 e. The summed E-state index contributed by atoms with van der Waals surface area (Å²) in [5.41, 5.74) is 4.58. The van der Waals surface area contributed by atoms with Crippen LogP contribution in [0.1, 0.15) is 101 Å². The molecule has 6 nitrogen and oxygen atoms in total. The van der Waals surface area contributed by atoms with Crippen LogP contribution in [0.25, 0.3) is 0 Å². The van der Waals surface area contributed by atoms with Crippen molar-refractivity contribution in [1.82, 2.24) is 4.90 Å². The highest BCUT2D eigenvalue weighted by molar-refractivity contribution is 6.19. The Morgan fingerprint density at radius 3 is 2.35 bits per heavy atom. The van der Waals surface area contributed by atoms with Crippen LogP contribution in [0, 0.1) is 12.3 Å². The normalized spacial score (nSPS) is 15.4. The second kappa shape index (κ2) is 14.9. The number of methoxy groups -OCH3 is 1. The number of ether oxygens (including phenoxy) is 3. The van der Waals surface area contributed by atoms with Gasteiger partial charge in [-0.1, -0.05) is 59.9 Å². The monoisotopic (exact) mass is 569 g/mol. The molecule has 0 bridgehead atoms. The molecule has 0 spiro atoms. The molecule has 1 atom stereocenters. The molecule has 0 saturated heterocycles. The molecule has 3 rings (SSSR count). The van der Waals surface area contributed by atoms with Gasteiger partial charge in [0.05, 0.1) is 7.11 Å². The predicted octanol–water partition coefficient (Wildman–Crippen LogP) is 8.26. The first-order valence-electron chi connectivity index (χ1n) is 14.7. The van der Waals surface area contributed by atoms with Crippen LogP contribution >= 0.6 is 11.6 Å². The van der Waals surface area contributed by atoms with Gasteiger partial charge in [0.2, 0.25) is 0 Å². The van der Waals surface area contributed by atoms with Gasteiger partial charge in [0.1, 0.15) is 17.2 Å². The van der Waals surface area contributed by atoms with Crippen LogP contribution in [0.15, 0.2) is 29.3 Å². The van der Waals surface area contributed by atoms with Gasteiger partial charge in [-0.25, -0.2) is 0 Å². The molecule has 7 heteroatoms. The van der Waals surface area contributed by atoms with Gasteiger partial charge in [0, 0.05) is 41.7 Å². The van der Waals surface area contributed by atoms with Crippen LogP contribution in [0.4, 0.5) is 0 Å². The highest BCUT2D eigenvalue weighted by atomic mass is 35.5. The number of alkyl halides is 1. The van der Waals surface area contributed by atoms with Crippen molar-refractivity contribution >= 4 is 24.0 Å². The number of aliphatic imine (C=N–C) groups is 1. The Morgan fingerprint density at radius 2 is 1.75 bits per heavy atom. The summed E-state index contributed by atoms with van der Waals surface area (Å²) in [5, 5.41) is 8.05. The molecule has 0 radical (unpaired) electrons. The lowest BCUT2D eigenvalue weighted by molar-refractivity contribution is 0.0746. The van der Waals surface area contributed by atoms with E-state index in [2.05, 4.69) is 51.7 Å². The molecule has 0 aliphatic heterocycles. The first-order chi connectivity index (χ1) is 19.1. The standard InChI is InChI=1S/C33H48ClN3O3/c1-8-15-37(9-2)22-26-19-29(38-7)18-24(20-35)31(26)40-32(34)39-30-23(3)16-27(33(4,5)6)17-25(30)21-36-28-13-11-10-12-14-28/h16-21,28,32,35H,8-15,22H2,1-7H3. The average molecular weight is 570 g/mol. The van der Waals surface area contributed by atoms with Crippen molar-refractivity contribution in [2.24, 2.45) is 4.99 Å². The van der Waals surface area contributed by atoms with Crippen molar-refractivity contribution in [3.8, 4) is 17.2 Å². The Kier molecular flexibility index (Phi) is 11.9. The van der Waals surface area contributed by atoms with E-state index in [1.807, 2.05) is 19.2 Å². The van der Waals surface area contributed by atoms with E-state index in [-0.39, 0.29) is 5.41 Å². The number of aryl methyl sites for hydroxylation is 1. The number of benzene rings is 2. The quantitative estimate of drug-likeness (QED) is 0.150. The second-order valence-electron chi connectivity index (χ2n) is 11.8. The summed E-state index contributed by atoms with van der Waals surface area (Å²) < 4.78 is 18.1. The SMILES string of the molecule is CCCN(CC)Cc1cc(OC)cc(C=N)c1OC(Cl)Oc1c(C)cc(C(C)(C)C)cc1C=NC1CCCCC1. The molecule has 1 aliphatic carbocycles. The molecule has 0 aromatic heterocycles. The summed E-state index contributed by atoms with van der Waals surface area (Å²) >= 11 is 6.77. The van der Waals surface area contributed by atoms with Crippen LogP contribution in [-0.2, 0) is 12.0 Å². The van der Waals surface area contributed by atoms with Crippen LogP contribution in [-0.4, -0.2) is 49.3 Å². The third kappa shape index (κ3) is 8.71. The van der Waals surface area contributed by atoms with Gasteiger partial charge in [0.15, 0.2) is 0 Å². The van der Waals surface area contributed by atoms with E-state index in [9.17, 15) is 0 Å². The van der Waals surface area contributed by atoms with Crippen molar-refractivity contribution in [2.75, 3.05) is 20.2 Å². The van der Waals surface area contributed by atoms with Gasteiger partial charge in [-0.05, 0) is 85.6 Å². The lowest BCUT2D eigenvalue weighted by atomic mass is 9.85. The predicted molar refractivity (Wildman–Crippen MR) is 167 cm³/mol. The molecule has 1 unspecified atom stereocenters. The summed E-state index contributed by atoms with van der Waals surface area (Å²) in [6, 6.07) is 8.41. The van der Waals surface area contributed by atoms with E-state index >= 15 is 0 Å². The van der Waals surface area contributed by atoms with Gasteiger partial charge >= 0.3 is 5.75 Å². The molecule has 220 valence electrons. The summed E-state index contributed by atoms with van der Waals surface area (Å²) in [6.45, 7) is 15.5. The Balaban J connectivity index is 1.95. The van der Waals surface area contributed by atoms with Crippen molar-refractivity contribution in [1.29, 1.82) is 5.41 Å². The highest BCUT2D eigenvalue weighted by Gasteiger charge is 2.23. The molecule has 0 heterocycles. The van der Waals surface area contributed by atoms with E-state index in [1.165, 1.54) is 31.0 Å². The van der Waals surface area contributed by atoms with Gasteiger partial charge in [-0.2, -0.15) is 0 Å². The minimum atomic E-state index is -1.10. The van der Waals surface area contributed by atoms with Crippen LogP contribution < -0.4 is 14.2 Å². The van der Waals surface area contributed by atoms with E-state index in [0.717, 1.165) is 49.0 Å². The topological polar surface area (TPSA) is 67.1 Å². The summed E-state index contributed by atoms with van der Waals surface area (Å²) in [6.07, 6.45) is 10.3. The number of nitrogens with one attached hydrogen (secondary N) is 1. The maximum Gasteiger partial charge on any atom is 0.322 e. The number of hydrogen-bond donors (Lipinski definition) is 1. The minimum Gasteiger partial charge on any atom is -0.497 e. The van der Waals surface area contributed by atoms with Crippen molar-refractivity contribution in [2.45, 2.75) is 104 Å². The fraction of sp³-hybridized carbons (Fsp3) is 0.576. The molecule has 2 aromatic carbocycles. The van der Waals surface area contributed by atoms with Gasteiger partial charge in [0.25, 0.3) is 0 Å². The van der Waals surface area contributed by atoms with E-state index in [4.69, 9.17) is 36.2 Å². The Morgan fingerprint density at radius 1 is 1.05 bits per heavy atom. The van der Waals surface area contributed by atoms with E-state index in [0.29, 0.717) is 35.4 Å². The Labute approximate surface area is 246 Å². The van der Waals surface area contributed by atoms with Crippen LogP contribution in [0.2, 0.25) is 0 Å². The van der Waals surface area contributed by atoms with Crippen LogP contribution in [0.5, 0.6) is 17.2 Å². The molecular weight excluding hydrogens is 522 g/mol. The number of hydrogen-bond acceptors (Lipinski definition) is 6. The maximum absolute atomic E-state index is 8.05. The first-order valence-corrected chi connectivity index (χ1v) is 15.1. The number of nitrogens with zero attached hydrogens (tertiary/aromatic N) is 2. The summed E-state index contributed by atoms with van der Waals surface area (Å²) in [7, 11) is 1.63. The van der Waals surface area contributed by atoms with Crippen molar-refractivity contribution in [3.63, 3.8) is 0 Å². The van der Waals surface area contributed by atoms with Crippen LogP contribution in [0.3, 0.4) is 0 Å². The zero-order valence-corrected chi connectivity index (χ0v) is 26.2. The van der Waals surface area contributed by atoms with Gasteiger partial charge in [-0.15, -0.1) is 0 Å². The van der Waals surface area contributed by atoms with E-state index < -0.39 is 5.75 Å². The van der Waals surface area contributed by atoms with Crippen molar-refractivity contribution in [3.05, 3.63) is 52.1 Å². The fourth-order valence-electron chi connectivity index (χ4n) is 5.19. The zero-order valence-electron chi connectivity index (χ0n) is 25.5. The molecule has 2 aromatic rings. The largest absolute Gasteiger partial charge is 0.497 e. The fourth-order valence-corrected chi connectivity index (χ4v) is 5.37. The zero-order chi connectivity index (χ0) is 29.3. The number of rotatable bonds is 13. The third-order valence-corrected chi connectivity index (χ3v) is 7.71. The summed E-state index contributed by atoms with van der Waals surface area (Å²) in [5.74, 6) is 0.773. The second-order valence-corrected chi connectivity index (χ2v) is 12.1. The lowest BCUT2D eigenvalue weighted by Crippen LogP contribution is -2.25. The first kappa shape index (κ1) is 32.0. The molecular formula is C33H48ClN3O3. The summed E-state index contributed by atoms with van der Waals surface area (Å²) in [4.78, 5) is 7.28.